The van der Waals surface area contributed by atoms with Crippen LogP contribution in [0, 0.1) is 0 Å². The molecule has 2 N–H and O–H groups in total. The highest BCUT2D eigenvalue weighted by molar-refractivity contribution is 5.84. The van der Waals surface area contributed by atoms with Gasteiger partial charge in [-0.25, -0.2) is 0 Å². The van der Waals surface area contributed by atoms with Crippen LogP contribution in [0.3, 0.4) is 0 Å². The molecule has 0 radical (unpaired) electrons. The SMILES string of the molecule is Cn1nc(C2CCC(=O)NC2)c2ccc(Cn3cc(C4CCNCC4)cn3)cc21. The van der Waals surface area contributed by atoms with Gasteiger partial charge in [-0.05, 0) is 55.5 Å². The number of fused-ring (bicyclic) bond motifs is 1. The van der Waals surface area contributed by atoms with Crippen LogP contribution in [-0.2, 0) is 18.4 Å². The number of nitrogens with one attached hydrogen (secondary N) is 2. The van der Waals surface area contributed by atoms with Gasteiger partial charge < -0.3 is 10.6 Å². The third-order valence-electron chi connectivity index (χ3n) is 6.41. The number of aryl methyl sites for hydroxylation is 1. The second-order valence-electron chi connectivity index (χ2n) is 8.40. The Kier molecular flexibility index (Phi) is 4.83. The first-order chi connectivity index (χ1) is 14.2. The minimum absolute atomic E-state index is 0.145. The summed E-state index contributed by atoms with van der Waals surface area (Å²) in [6, 6.07) is 6.58. The molecule has 1 aromatic carbocycles. The summed E-state index contributed by atoms with van der Waals surface area (Å²) in [6.07, 6.45) is 8.08. The Balaban J connectivity index is 1.36. The third-order valence-corrected chi connectivity index (χ3v) is 6.41. The highest BCUT2D eigenvalue weighted by atomic mass is 16.1. The smallest absolute Gasteiger partial charge is 0.220 e. The Labute approximate surface area is 170 Å². The van der Waals surface area contributed by atoms with Crippen LogP contribution in [0.1, 0.15) is 54.3 Å². The van der Waals surface area contributed by atoms with Crippen molar-refractivity contribution >= 4 is 16.8 Å². The summed E-state index contributed by atoms with van der Waals surface area (Å²) in [6.45, 7) is 3.64. The number of nitrogens with zero attached hydrogens (tertiary/aromatic N) is 4. The van der Waals surface area contributed by atoms with E-state index in [0.717, 1.165) is 37.3 Å². The molecule has 3 aromatic rings. The van der Waals surface area contributed by atoms with Crippen molar-refractivity contribution in [1.29, 1.82) is 0 Å². The topological polar surface area (TPSA) is 76.8 Å². The van der Waals surface area contributed by atoms with E-state index in [1.54, 1.807) is 0 Å². The zero-order chi connectivity index (χ0) is 19.8. The maximum absolute atomic E-state index is 11.5. The van der Waals surface area contributed by atoms with E-state index in [0.29, 0.717) is 24.8 Å². The van der Waals surface area contributed by atoms with Crippen molar-refractivity contribution in [1.82, 2.24) is 30.2 Å². The van der Waals surface area contributed by atoms with Gasteiger partial charge in [-0.15, -0.1) is 0 Å². The molecule has 152 valence electrons. The number of aromatic nitrogens is 4. The number of hydrogen-bond acceptors (Lipinski definition) is 4. The highest BCUT2D eigenvalue weighted by Gasteiger charge is 2.24. The van der Waals surface area contributed by atoms with E-state index in [2.05, 4.69) is 40.1 Å². The molecule has 4 heterocycles. The van der Waals surface area contributed by atoms with E-state index in [1.165, 1.54) is 29.4 Å². The lowest BCUT2D eigenvalue weighted by atomic mass is 9.93. The molecular weight excluding hydrogens is 364 g/mol. The van der Waals surface area contributed by atoms with E-state index < -0.39 is 0 Å². The molecular formula is C22H28N6O. The lowest BCUT2D eigenvalue weighted by Gasteiger charge is -2.21. The Morgan fingerprint density at radius 2 is 2.03 bits per heavy atom. The number of piperidine rings is 2. The van der Waals surface area contributed by atoms with Gasteiger partial charge in [0.2, 0.25) is 5.91 Å². The van der Waals surface area contributed by atoms with Crippen LogP contribution in [0.2, 0.25) is 0 Å². The average molecular weight is 393 g/mol. The van der Waals surface area contributed by atoms with Crippen molar-refractivity contribution in [3.63, 3.8) is 0 Å². The molecule has 0 spiro atoms. The number of carbonyl (C=O) groups is 1. The minimum atomic E-state index is 0.145. The lowest BCUT2D eigenvalue weighted by molar-refractivity contribution is -0.122. The van der Waals surface area contributed by atoms with Gasteiger partial charge in [0.25, 0.3) is 0 Å². The predicted molar refractivity (Wildman–Crippen MR) is 112 cm³/mol. The molecule has 5 rings (SSSR count). The van der Waals surface area contributed by atoms with Gasteiger partial charge in [0, 0.05) is 37.5 Å². The monoisotopic (exact) mass is 392 g/mol. The molecule has 1 amide bonds. The molecule has 1 unspecified atom stereocenters. The van der Waals surface area contributed by atoms with Gasteiger partial charge in [-0.2, -0.15) is 10.2 Å². The summed E-state index contributed by atoms with van der Waals surface area (Å²) >= 11 is 0. The molecule has 2 fully saturated rings. The van der Waals surface area contributed by atoms with Crippen molar-refractivity contribution in [2.24, 2.45) is 7.05 Å². The molecule has 2 aliphatic rings. The molecule has 7 heteroatoms. The van der Waals surface area contributed by atoms with Gasteiger partial charge in [-0.3, -0.25) is 14.2 Å². The van der Waals surface area contributed by atoms with Gasteiger partial charge in [0.15, 0.2) is 0 Å². The molecule has 2 saturated heterocycles. The fourth-order valence-electron chi connectivity index (χ4n) is 4.72. The zero-order valence-corrected chi connectivity index (χ0v) is 16.9. The van der Waals surface area contributed by atoms with E-state index in [4.69, 9.17) is 5.10 Å². The van der Waals surface area contributed by atoms with Gasteiger partial charge in [0.1, 0.15) is 0 Å². The first-order valence-electron chi connectivity index (χ1n) is 10.6. The summed E-state index contributed by atoms with van der Waals surface area (Å²) in [7, 11) is 2.00. The van der Waals surface area contributed by atoms with Crippen LogP contribution in [0.15, 0.2) is 30.6 Å². The molecule has 2 aromatic heterocycles. The standard InChI is InChI=1S/C22H28N6O/c1-27-20-10-15(13-28-14-18(12-25-28)16-6-8-23-9-7-16)2-4-19(20)22(26-27)17-3-5-21(29)24-11-17/h2,4,10,12,14,16-17,23H,3,5-9,11,13H2,1H3,(H,24,29). The second kappa shape index (κ2) is 7.63. The second-order valence-corrected chi connectivity index (χ2v) is 8.40. The van der Waals surface area contributed by atoms with Gasteiger partial charge in [-0.1, -0.05) is 12.1 Å². The van der Waals surface area contributed by atoms with E-state index in [-0.39, 0.29) is 5.91 Å². The number of hydrogen-bond donors (Lipinski definition) is 2. The van der Waals surface area contributed by atoms with Crippen LogP contribution >= 0.6 is 0 Å². The Hall–Kier alpha value is -2.67. The number of benzene rings is 1. The number of carbonyl (C=O) groups excluding carboxylic acids is 1. The largest absolute Gasteiger partial charge is 0.355 e. The average Bonchev–Trinajstić information content (AvgIpc) is 3.34. The normalized spacial score (nSPS) is 20.9. The van der Waals surface area contributed by atoms with Crippen LogP contribution < -0.4 is 10.6 Å². The molecule has 2 aliphatic heterocycles. The molecule has 7 nitrogen and oxygen atoms in total. The van der Waals surface area contributed by atoms with Crippen LogP contribution in [-0.4, -0.2) is 45.1 Å². The summed E-state index contributed by atoms with van der Waals surface area (Å²) in [5, 5.41) is 17.0. The maximum atomic E-state index is 11.5. The van der Waals surface area contributed by atoms with Crippen molar-refractivity contribution in [2.45, 2.75) is 44.1 Å². The van der Waals surface area contributed by atoms with Gasteiger partial charge >= 0.3 is 0 Å². The first kappa shape index (κ1) is 18.4. The summed E-state index contributed by atoms with van der Waals surface area (Å²) in [5.74, 6) is 1.07. The Bertz CT molecular complexity index is 1020. The summed E-state index contributed by atoms with van der Waals surface area (Å²) in [5.41, 5.74) is 4.82. The predicted octanol–water partition coefficient (Wildman–Crippen LogP) is 2.28. The fraction of sp³-hybridized carbons (Fsp3) is 0.500. The third kappa shape index (κ3) is 3.67. The van der Waals surface area contributed by atoms with Crippen LogP contribution in [0.5, 0.6) is 0 Å². The van der Waals surface area contributed by atoms with Crippen LogP contribution in [0.25, 0.3) is 10.9 Å². The quantitative estimate of drug-likeness (QED) is 0.714. The molecule has 0 bridgehead atoms. The van der Waals surface area contributed by atoms with E-state index in [9.17, 15) is 4.79 Å². The van der Waals surface area contributed by atoms with Crippen molar-refractivity contribution in [2.75, 3.05) is 19.6 Å². The minimum Gasteiger partial charge on any atom is -0.355 e. The Morgan fingerprint density at radius 3 is 2.83 bits per heavy atom. The van der Waals surface area contributed by atoms with Crippen molar-refractivity contribution in [3.05, 3.63) is 47.4 Å². The maximum Gasteiger partial charge on any atom is 0.220 e. The lowest BCUT2D eigenvalue weighted by Crippen LogP contribution is -2.33. The molecule has 0 aliphatic carbocycles. The van der Waals surface area contributed by atoms with E-state index in [1.807, 2.05) is 22.6 Å². The summed E-state index contributed by atoms with van der Waals surface area (Å²) in [4.78, 5) is 11.5. The zero-order valence-electron chi connectivity index (χ0n) is 16.9. The van der Waals surface area contributed by atoms with Crippen molar-refractivity contribution in [3.8, 4) is 0 Å². The first-order valence-corrected chi connectivity index (χ1v) is 10.6. The van der Waals surface area contributed by atoms with Gasteiger partial charge in [0.05, 0.1) is 24.0 Å². The molecule has 1 atom stereocenters. The fourth-order valence-corrected chi connectivity index (χ4v) is 4.72. The number of rotatable bonds is 4. The van der Waals surface area contributed by atoms with Crippen molar-refractivity contribution < 1.29 is 4.79 Å². The molecule has 29 heavy (non-hydrogen) atoms. The Morgan fingerprint density at radius 1 is 1.17 bits per heavy atom. The summed E-state index contributed by atoms with van der Waals surface area (Å²) < 4.78 is 4.01. The highest BCUT2D eigenvalue weighted by Crippen LogP contribution is 2.30. The van der Waals surface area contributed by atoms with Crippen LogP contribution in [0.4, 0.5) is 0 Å². The van der Waals surface area contributed by atoms with E-state index >= 15 is 0 Å². The molecule has 0 saturated carbocycles. The number of amides is 1.